The van der Waals surface area contributed by atoms with Crippen molar-refractivity contribution in [3.63, 3.8) is 0 Å². The van der Waals surface area contributed by atoms with Gasteiger partial charge in [-0.1, -0.05) is 90.6 Å². The molecule has 1 heterocycles. The van der Waals surface area contributed by atoms with Crippen LogP contribution in [0.4, 0.5) is 0 Å². The van der Waals surface area contributed by atoms with E-state index in [9.17, 15) is 4.79 Å². The van der Waals surface area contributed by atoms with Crippen LogP contribution in [0.15, 0.2) is 90.0 Å². The molecule has 4 nitrogen and oxygen atoms in total. The molecule has 0 N–H and O–H groups in total. The molecule has 0 aliphatic carbocycles. The molecule has 5 heteroatoms. The fraction of sp³-hybridized carbons (Fsp3) is 0.160. The number of hydrogen-bond acceptors (Lipinski definition) is 4. The summed E-state index contributed by atoms with van der Waals surface area (Å²) in [6.07, 6.45) is 0. The van der Waals surface area contributed by atoms with Crippen molar-refractivity contribution < 1.29 is 4.79 Å². The maximum absolute atomic E-state index is 13.2. The minimum Gasteiger partial charge on any atom is -0.334 e. The van der Waals surface area contributed by atoms with Crippen LogP contribution in [0, 0.1) is 6.92 Å². The fourth-order valence-electron chi connectivity index (χ4n) is 3.55. The second kappa shape index (κ2) is 9.09. The van der Waals surface area contributed by atoms with E-state index < -0.39 is 0 Å². The molecular weight excluding hydrogens is 390 g/mol. The molecule has 0 saturated carbocycles. The van der Waals surface area contributed by atoms with E-state index in [4.69, 9.17) is 0 Å². The molecule has 0 aliphatic rings. The molecular formula is C25H23N3OS. The Kier molecular flexibility index (Phi) is 6.10. The molecule has 30 heavy (non-hydrogen) atoms. The Labute approximate surface area is 181 Å². The second-order valence-electron chi connectivity index (χ2n) is 7.11. The van der Waals surface area contributed by atoms with Crippen molar-refractivity contribution in [3.05, 3.63) is 102 Å². The Bertz CT molecular complexity index is 1110. The number of amides is 1. The summed E-state index contributed by atoms with van der Waals surface area (Å²) < 4.78 is 0. The zero-order valence-corrected chi connectivity index (χ0v) is 17.8. The largest absolute Gasteiger partial charge is 0.334 e. The summed E-state index contributed by atoms with van der Waals surface area (Å²) in [7, 11) is 1.87. The van der Waals surface area contributed by atoms with Gasteiger partial charge in [-0.25, -0.2) is 9.97 Å². The van der Waals surface area contributed by atoms with Crippen molar-refractivity contribution in [1.29, 1.82) is 0 Å². The van der Waals surface area contributed by atoms with Crippen LogP contribution in [0.1, 0.15) is 23.0 Å². The van der Waals surface area contributed by atoms with Gasteiger partial charge < -0.3 is 4.90 Å². The van der Waals surface area contributed by atoms with Gasteiger partial charge in [0, 0.05) is 12.4 Å². The Balaban J connectivity index is 1.58. The van der Waals surface area contributed by atoms with Crippen LogP contribution in [0.25, 0.3) is 10.9 Å². The molecule has 0 fully saturated rings. The van der Waals surface area contributed by atoms with Crippen molar-refractivity contribution in [2.24, 2.45) is 0 Å². The topological polar surface area (TPSA) is 46.1 Å². The van der Waals surface area contributed by atoms with Crippen LogP contribution in [-0.2, 0) is 4.79 Å². The Morgan fingerprint density at radius 3 is 2.07 bits per heavy atom. The lowest BCUT2D eigenvalue weighted by Gasteiger charge is -2.29. The van der Waals surface area contributed by atoms with Crippen molar-refractivity contribution in [1.82, 2.24) is 14.9 Å². The minimum atomic E-state index is -0.135. The molecule has 1 amide bonds. The average molecular weight is 414 g/mol. The summed E-state index contributed by atoms with van der Waals surface area (Å²) in [5.74, 6) is 1.08. The molecule has 0 radical (unpaired) electrons. The lowest BCUT2D eigenvalue weighted by molar-refractivity contribution is -0.128. The minimum absolute atomic E-state index is 0.0538. The lowest BCUT2D eigenvalue weighted by Crippen LogP contribution is -2.33. The normalized spacial score (nSPS) is 11.0. The van der Waals surface area contributed by atoms with Gasteiger partial charge in [0.05, 0.1) is 17.3 Å². The quantitative estimate of drug-likeness (QED) is 0.319. The first kappa shape index (κ1) is 20.1. The maximum atomic E-state index is 13.2. The molecule has 4 aromatic rings. The van der Waals surface area contributed by atoms with E-state index in [-0.39, 0.29) is 11.9 Å². The Morgan fingerprint density at radius 1 is 0.867 bits per heavy atom. The van der Waals surface area contributed by atoms with E-state index in [1.165, 1.54) is 11.8 Å². The highest BCUT2D eigenvalue weighted by Gasteiger charge is 2.23. The third kappa shape index (κ3) is 4.36. The van der Waals surface area contributed by atoms with Gasteiger partial charge in [0.15, 0.2) is 0 Å². The predicted octanol–water partition coefficient (Wildman–Crippen LogP) is 5.28. The van der Waals surface area contributed by atoms with Crippen LogP contribution in [0.3, 0.4) is 0 Å². The third-order valence-corrected chi connectivity index (χ3v) is 6.00. The number of benzene rings is 3. The van der Waals surface area contributed by atoms with Gasteiger partial charge in [-0.3, -0.25) is 4.79 Å². The number of aryl methyl sites for hydroxylation is 1. The first-order valence-electron chi connectivity index (χ1n) is 9.85. The fourth-order valence-corrected chi connectivity index (χ4v) is 4.54. The summed E-state index contributed by atoms with van der Waals surface area (Å²) in [4.78, 5) is 24.1. The zero-order chi connectivity index (χ0) is 20.9. The van der Waals surface area contributed by atoms with Gasteiger partial charge in [-0.05, 0) is 24.1 Å². The molecule has 4 rings (SSSR count). The van der Waals surface area contributed by atoms with E-state index in [2.05, 4.69) is 34.2 Å². The van der Waals surface area contributed by atoms with Crippen LogP contribution >= 0.6 is 11.8 Å². The monoisotopic (exact) mass is 413 g/mol. The highest BCUT2D eigenvalue weighted by atomic mass is 32.2. The SMILES string of the molecule is Cc1nc(SCC(=O)N(C)C(c2ccccc2)c2ccccc2)c2ccccc2n1. The van der Waals surface area contributed by atoms with E-state index >= 15 is 0 Å². The Morgan fingerprint density at radius 2 is 1.43 bits per heavy atom. The maximum Gasteiger partial charge on any atom is 0.233 e. The van der Waals surface area contributed by atoms with E-state index in [0.29, 0.717) is 11.6 Å². The predicted molar refractivity (Wildman–Crippen MR) is 122 cm³/mol. The summed E-state index contributed by atoms with van der Waals surface area (Å²) in [6.45, 7) is 1.88. The average Bonchev–Trinajstić information content (AvgIpc) is 2.78. The molecule has 0 saturated heterocycles. The number of fused-ring (bicyclic) bond motifs is 1. The molecule has 1 aromatic heterocycles. The number of aromatic nitrogens is 2. The van der Waals surface area contributed by atoms with Gasteiger partial charge in [-0.2, -0.15) is 0 Å². The summed E-state index contributed by atoms with van der Waals surface area (Å²) >= 11 is 1.47. The van der Waals surface area contributed by atoms with Gasteiger partial charge in [0.1, 0.15) is 10.9 Å². The number of nitrogens with zero attached hydrogens (tertiary/aromatic N) is 3. The standard InChI is InChI=1S/C25H23N3OS/c1-18-26-22-16-10-9-15-21(22)25(27-18)30-17-23(29)28(2)24(19-11-5-3-6-12-19)20-13-7-4-8-14-20/h3-16,24H,17H2,1-2H3. The third-order valence-electron chi connectivity index (χ3n) is 5.02. The molecule has 0 bridgehead atoms. The molecule has 0 unspecified atom stereocenters. The van der Waals surface area contributed by atoms with E-state index in [0.717, 1.165) is 27.1 Å². The first-order valence-corrected chi connectivity index (χ1v) is 10.8. The van der Waals surface area contributed by atoms with Gasteiger partial charge in [0.25, 0.3) is 0 Å². The number of rotatable bonds is 6. The Hall–Kier alpha value is -3.18. The number of carbonyl (C=O) groups is 1. The lowest BCUT2D eigenvalue weighted by atomic mass is 9.97. The van der Waals surface area contributed by atoms with Gasteiger partial charge in [0.2, 0.25) is 5.91 Å². The first-order chi connectivity index (χ1) is 14.6. The van der Waals surface area contributed by atoms with Gasteiger partial charge in [-0.15, -0.1) is 0 Å². The van der Waals surface area contributed by atoms with E-state index in [1.807, 2.05) is 79.5 Å². The number of hydrogen-bond donors (Lipinski definition) is 0. The van der Waals surface area contributed by atoms with Crippen molar-refractivity contribution >= 4 is 28.6 Å². The van der Waals surface area contributed by atoms with Crippen molar-refractivity contribution in [2.45, 2.75) is 18.0 Å². The summed E-state index contributed by atoms with van der Waals surface area (Å²) in [5.41, 5.74) is 3.08. The molecule has 0 spiro atoms. The van der Waals surface area contributed by atoms with Crippen LogP contribution in [0.5, 0.6) is 0 Å². The number of para-hydroxylation sites is 1. The van der Waals surface area contributed by atoms with Gasteiger partial charge >= 0.3 is 0 Å². The smallest absolute Gasteiger partial charge is 0.233 e. The molecule has 0 aliphatic heterocycles. The highest BCUT2D eigenvalue weighted by Crippen LogP contribution is 2.30. The second-order valence-corrected chi connectivity index (χ2v) is 8.07. The summed E-state index contributed by atoms with van der Waals surface area (Å²) in [5, 5.41) is 1.82. The zero-order valence-electron chi connectivity index (χ0n) is 17.0. The van der Waals surface area contributed by atoms with Crippen LogP contribution in [-0.4, -0.2) is 33.6 Å². The molecule has 0 atom stereocenters. The number of carbonyl (C=O) groups excluding carboxylic acids is 1. The van der Waals surface area contributed by atoms with Crippen molar-refractivity contribution in [2.75, 3.05) is 12.8 Å². The van der Waals surface area contributed by atoms with Crippen molar-refractivity contribution in [3.8, 4) is 0 Å². The number of thioether (sulfide) groups is 1. The van der Waals surface area contributed by atoms with Crippen LogP contribution in [0.2, 0.25) is 0 Å². The molecule has 150 valence electrons. The molecule has 3 aromatic carbocycles. The highest BCUT2D eigenvalue weighted by molar-refractivity contribution is 8.00. The summed E-state index contributed by atoms with van der Waals surface area (Å²) in [6, 6.07) is 28.1. The van der Waals surface area contributed by atoms with Crippen LogP contribution < -0.4 is 0 Å². The van der Waals surface area contributed by atoms with E-state index in [1.54, 1.807) is 0 Å².